The fourth-order valence-electron chi connectivity index (χ4n) is 2.93. The number of rotatable bonds is 5. The van der Waals surface area contributed by atoms with Crippen LogP contribution in [0.1, 0.15) is 11.4 Å². The minimum absolute atomic E-state index is 0.550. The third-order valence-corrected chi connectivity index (χ3v) is 4.29. The summed E-state index contributed by atoms with van der Waals surface area (Å²) >= 11 is 0. The van der Waals surface area contributed by atoms with E-state index in [0.29, 0.717) is 34.5 Å². The first-order valence-corrected chi connectivity index (χ1v) is 8.69. The van der Waals surface area contributed by atoms with Crippen LogP contribution in [-0.4, -0.2) is 29.3 Å². The number of fused-ring (bicyclic) bond motifs is 1. The van der Waals surface area contributed by atoms with Crippen molar-refractivity contribution < 1.29 is 18.7 Å². The molecule has 28 heavy (non-hydrogen) atoms. The molecule has 0 fully saturated rings. The summed E-state index contributed by atoms with van der Waals surface area (Å²) in [4.78, 5) is 8.98. The van der Waals surface area contributed by atoms with Crippen molar-refractivity contribution in [2.75, 3.05) is 14.2 Å². The summed E-state index contributed by atoms with van der Waals surface area (Å²) in [5.74, 6) is 2.93. The number of ether oxygens (including phenoxy) is 3. The lowest BCUT2D eigenvalue weighted by molar-refractivity contribution is 0.355. The van der Waals surface area contributed by atoms with Gasteiger partial charge in [0.1, 0.15) is 5.75 Å². The van der Waals surface area contributed by atoms with Crippen molar-refractivity contribution >= 4 is 10.9 Å². The molecule has 0 saturated heterocycles. The first kappa shape index (κ1) is 17.8. The molecule has 0 spiro atoms. The molecule has 142 valence electrons. The van der Waals surface area contributed by atoms with Crippen LogP contribution in [-0.2, 0) is 0 Å². The van der Waals surface area contributed by atoms with Crippen LogP contribution in [0.5, 0.6) is 23.0 Å². The number of methoxy groups -OCH3 is 2. The van der Waals surface area contributed by atoms with Crippen LogP contribution >= 0.6 is 0 Å². The first-order valence-electron chi connectivity index (χ1n) is 8.69. The third-order valence-electron chi connectivity index (χ3n) is 4.29. The average molecular weight is 377 g/mol. The fourth-order valence-corrected chi connectivity index (χ4v) is 2.93. The molecule has 7 heteroatoms. The Morgan fingerprint density at radius 2 is 1.61 bits per heavy atom. The molecule has 0 N–H and O–H groups in total. The average Bonchev–Trinajstić information content (AvgIpc) is 3.14. The van der Waals surface area contributed by atoms with Gasteiger partial charge in [-0.25, -0.2) is 4.98 Å². The van der Waals surface area contributed by atoms with Crippen molar-refractivity contribution in [2.45, 2.75) is 13.8 Å². The second-order valence-corrected chi connectivity index (χ2v) is 6.27. The van der Waals surface area contributed by atoms with E-state index in [2.05, 4.69) is 15.1 Å². The zero-order chi connectivity index (χ0) is 19.7. The van der Waals surface area contributed by atoms with E-state index < -0.39 is 0 Å². The highest BCUT2D eigenvalue weighted by molar-refractivity contribution is 5.88. The Labute approximate surface area is 161 Å². The Bertz CT molecular complexity index is 1150. The Hall–Kier alpha value is -3.61. The number of hydrogen-bond donors (Lipinski definition) is 0. The van der Waals surface area contributed by atoms with Crippen LogP contribution in [0.25, 0.3) is 22.4 Å². The van der Waals surface area contributed by atoms with Gasteiger partial charge in [0, 0.05) is 29.4 Å². The lowest BCUT2D eigenvalue weighted by atomic mass is 10.1. The largest absolute Gasteiger partial charge is 0.493 e. The Kier molecular flexibility index (Phi) is 4.57. The predicted octanol–water partition coefficient (Wildman–Crippen LogP) is 4.71. The molecule has 0 unspecified atom stereocenters. The quantitative estimate of drug-likeness (QED) is 0.498. The van der Waals surface area contributed by atoms with E-state index in [1.54, 1.807) is 26.5 Å². The molecule has 0 bridgehead atoms. The molecule has 0 aliphatic rings. The summed E-state index contributed by atoms with van der Waals surface area (Å²) in [7, 11) is 3.18. The summed E-state index contributed by atoms with van der Waals surface area (Å²) in [6, 6.07) is 11.0. The van der Waals surface area contributed by atoms with Crippen LogP contribution < -0.4 is 14.2 Å². The Morgan fingerprint density at radius 1 is 0.821 bits per heavy atom. The van der Waals surface area contributed by atoms with Gasteiger partial charge in [0.2, 0.25) is 0 Å². The zero-order valence-electron chi connectivity index (χ0n) is 16.0. The van der Waals surface area contributed by atoms with Gasteiger partial charge < -0.3 is 18.7 Å². The van der Waals surface area contributed by atoms with Gasteiger partial charge in [0.15, 0.2) is 28.7 Å². The van der Waals surface area contributed by atoms with Crippen LogP contribution in [0.15, 0.2) is 47.1 Å². The van der Waals surface area contributed by atoms with E-state index >= 15 is 0 Å². The molecule has 0 saturated carbocycles. The highest BCUT2D eigenvalue weighted by Gasteiger charge is 2.17. The van der Waals surface area contributed by atoms with E-state index in [4.69, 9.17) is 18.7 Å². The van der Waals surface area contributed by atoms with Crippen molar-refractivity contribution in [2.24, 2.45) is 0 Å². The molecule has 7 nitrogen and oxygen atoms in total. The lowest BCUT2D eigenvalue weighted by Gasteiger charge is -2.13. The van der Waals surface area contributed by atoms with Gasteiger partial charge in [0.05, 0.1) is 25.4 Å². The second-order valence-electron chi connectivity index (χ2n) is 6.27. The molecule has 0 atom stereocenters. The lowest BCUT2D eigenvalue weighted by Crippen LogP contribution is -1.95. The molecule has 4 aromatic rings. The van der Waals surface area contributed by atoms with Gasteiger partial charge in [-0.2, -0.15) is 0 Å². The van der Waals surface area contributed by atoms with Gasteiger partial charge >= 0.3 is 0 Å². The minimum atomic E-state index is 0.550. The molecular formula is C21H19N3O4. The maximum Gasteiger partial charge on any atom is 0.189 e. The highest BCUT2D eigenvalue weighted by atomic mass is 16.5. The molecule has 0 radical (unpaired) electrons. The van der Waals surface area contributed by atoms with Crippen LogP contribution in [0, 0.1) is 13.8 Å². The number of benzene rings is 1. The standard InChI is InChI=1S/C21H19N3O4/c1-12-5-6-17(21(23-12)20-9-13(2)24-28-20)27-16-7-8-22-15-11-19(26-4)18(25-3)10-14(15)16/h5-11H,1-4H3. The van der Waals surface area contributed by atoms with Crippen molar-refractivity contribution in [3.8, 4) is 34.5 Å². The van der Waals surface area contributed by atoms with Crippen molar-refractivity contribution in [1.29, 1.82) is 0 Å². The first-order chi connectivity index (χ1) is 13.6. The molecule has 0 aliphatic heterocycles. The van der Waals surface area contributed by atoms with Crippen molar-refractivity contribution in [3.63, 3.8) is 0 Å². The molecule has 3 aromatic heterocycles. The van der Waals surface area contributed by atoms with E-state index in [9.17, 15) is 0 Å². The Morgan fingerprint density at radius 3 is 2.32 bits per heavy atom. The molecule has 0 amide bonds. The fraction of sp³-hybridized carbons (Fsp3) is 0.190. The van der Waals surface area contributed by atoms with E-state index in [0.717, 1.165) is 22.3 Å². The zero-order valence-corrected chi connectivity index (χ0v) is 16.0. The third kappa shape index (κ3) is 3.22. The molecule has 4 rings (SSSR count). The predicted molar refractivity (Wildman–Crippen MR) is 104 cm³/mol. The number of aryl methyl sites for hydroxylation is 2. The highest BCUT2D eigenvalue weighted by Crippen LogP contribution is 2.39. The van der Waals surface area contributed by atoms with Crippen molar-refractivity contribution in [1.82, 2.24) is 15.1 Å². The summed E-state index contributed by atoms with van der Waals surface area (Å²) in [5.41, 5.74) is 2.94. The van der Waals surface area contributed by atoms with Gasteiger partial charge in [-0.1, -0.05) is 5.16 Å². The smallest absolute Gasteiger partial charge is 0.189 e. The van der Waals surface area contributed by atoms with Crippen LogP contribution in [0.2, 0.25) is 0 Å². The summed E-state index contributed by atoms with van der Waals surface area (Å²) in [5, 5.41) is 4.74. The second kappa shape index (κ2) is 7.19. The van der Waals surface area contributed by atoms with E-state index in [1.165, 1.54) is 0 Å². The monoisotopic (exact) mass is 377 g/mol. The number of hydrogen-bond acceptors (Lipinski definition) is 7. The maximum absolute atomic E-state index is 6.23. The van der Waals surface area contributed by atoms with Gasteiger partial charge in [-0.05, 0) is 38.1 Å². The maximum atomic E-state index is 6.23. The SMILES string of the molecule is COc1cc2nccc(Oc3ccc(C)nc3-c3cc(C)no3)c2cc1OC. The van der Waals surface area contributed by atoms with Gasteiger partial charge in [-0.15, -0.1) is 0 Å². The topological polar surface area (TPSA) is 79.5 Å². The normalized spacial score (nSPS) is 10.9. The number of nitrogens with zero attached hydrogens (tertiary/aromatic N) is 3. The molecule has 3 heterocycles. The Balaban J connectivity index is 1.83. The van der Waals surface area contributed by atoms with E-state index in [1.807, 2.05) is 44.2 Å². The van der Waals surface area contributed by atoms with Gasteiger partial charge in [0.25, 0.3) is 0 Å². The van der Waals surface area contributed by atoms with Crippen LogP contribution in [0.3, 0.4) is 0 Å². The summed E-state index contributed by atoms with van der Waals surface area (Å²) in [6.07, 6.45) is 1.68. The number of aromatic nitrogens is 3. The molecule has 1 aromatic carbocycles. The summed E-state index contributed by atoms with van der Waals surface area (Å²) < 4.78 is 22.4. The van der Waals surface area contributed by atoms with Crippen LogP contribution in [0.4, 0.5) is 0 Å². The van der Waals surface area contributed by atoms with E-state index in [-0.39, 0.29) is 0 Å². The van der Waals surface area contributed by atoms with Crippen molar-refractivity contribution in [3.05, 3.63) is 54.0 Å². The number of pyridine rings is 2. The van der Waals surface area contributed by atoms with Gasteiger partial charge in [-0.3, -0.25) is 4.98 Å². The minimum Gasteiger partial charge on any atom is -0.493 e. The molecular weight excluding hydrogens is 358 g/mol. The molecule has 0 aliphatic carbocycles. The summed E-state index contributed by atoms with van der Waals surface area (Å²) in [6.45, 7) is 3.77.